The molecule has 0 atom stereocenters. The van der Waals surface area contributed by atoms with Crippen LogP contribution in [0.2, 0.25) is 0 Å². The van der Waals surface area contributed by atoms with Crippen molar-refractivity contribution in [1.29, 1.82) is 0 Å². The molecule has 4 rings (SSSR count). The molecular formula is C23H26N6O2S. The standard InChI is InChI=1S/C23H26N6O2S/c1-15-5-7-16(8-6-15)21-25-20(31-28-21)14-32-22-27-26-19(29(22)24)13-30-18-11-9-17(10-12-18)23(2,3)4/h5-12H,13-14,24H2,1-4H3. The number of hydrogen-bond acceptors (Lipinski definition) is 8. The van der Waals surface area contributed by atoms with Crippen molar-refractivity contribution in [3.63, 3.8) is 0 Å². The van der Waals surface area contributed by atoms with Crippen LogP contribution in [0.3, 0.4) is 0 Å². The van der Waals surface area contributed by atoms with Crippen LogP contribution in [0.4, 0.5) is 0 Å². The fourth-order valence-electron chi connectivity index (χ4n) is 2.96. The lowest BCUT2D eigenvalue weighted by Crippen LogP contribution is -2.16. The van der Waals surface area contributed by atoms with E-state index in [1.54, 1.807) is 0 Å². The lowest BCUT2D eigenvalue weighted by molar-refractivity contribution is 0.291. The van der Waals surface area contributed by atoms with Crippen molar-refractivity contribution >= 4 is 11.8 Å². The topological polar surface area (TPSA) is 105 Å². The van der Waals surface area contributed by atoms with Crippen LogP contribution in [0.15, 0.2) is 58.2 Å². The average Bonchev–Trinajstić information content (AvgIpc) is 3.38. The number of nitrogens with two attached hydrogens (primary N) is 1. The summed E-state index contributed by atoms with van der Waals surface area (Å²) < 4.78 is 12.6. The maximum Gasteiger partial charge on any atom is 0.237 e. The molecule has 9 heteroatoms. The van der Waals surface area contributed by atoms with Crippen LogP contribution in [0.5, 0.6) is 5.75 Å². The van der Waals surface area contributed by atoms with Gasteiger partial charge in [0.1, 0.15) is 12.4 Å². The van der Waals surface area contributed by atoms with E-state index in [9.17, 15) is 0 Å². The summed E-state index contributed by atoms with van der Waals surface area (Å²) in [5.74, 6) is 8.91. The van der Waals surface area contributed by atoms with Crippen molar-refractivity contribution in [2.24, 2.45) is 0 Å². The van der Waals surface area contributed by atoms with E-state index in [1.807, 2.05) is 43.3 Å². The van der Waals surface area contributed by atoms with Gasteiger partial charge in [-0.25, -0.2) is 4.68 Å². The molecule has 0 bridgehead atoms. The lowest BCUT2D eigenvalue weighted by atomic mass is 9.87. The monoisotopic (exact) mass is 450 g/mol. The second kappa shape index (κ2) is 9.04. The Morgan fingerprint density at radius 1 is 1.03 bits per heavy atom. The molecule has 2 heterocycles. The van der Waals surface area contributed by atoms with Gasteiger partial charge in [-0.15, -0.1) is 10.2 Å². The fourth-order valence-corrected chi connectivity index (χ4v) is 3.68. The third kappa shape index (κ3) is 5.11. The molecule has 166 valence electrons. The Kier molecular flexibility index (Phi) is 6.18. The van der Waals surface area contributed by atoms with E-state index in [1.165, 1.54) is 27.6 Å². The summed E-state index contributed by atoms with van der Waals surface area (Å²) in [5.41, 5.74) is 3.43. The van der Waals surface area contributed by atoms with Crippen molar-refractivity contribution < 1.29 is 9.26 Å². The number of benzene rings is 2. The number of aryl methyl sites for hydroxylation is 1. The highest BCUT2D eigenvalue weighted by Gasteiger charge is 2.15. The molecule has 0 spiro atoms. The number of aromatic nitrogens is 5. The minimum atomic E-state index is 0.0986. The van der Waals surface area contributed by atoms with Crippen LogP contribution in [-0.2, 0) is 17.8 Å². The van der Waals surface area contributed by atoms with Crippen molar-refractivity contribution in [3.05, 3.63) is 71.4 Å². The quantitative estimate of drug-likeness (QED) is 0.324. The first-order chi connectivity index (χ1) is 15.3. The largest absolute Gasteiger partial charge is 0.486 e. The highest BCUT2D eigenvalue weighted by Crippen LogP contribution is 2.25. The first kappa shape index (κ1) is 21.9. The summed E-state index contributed by atoms with van der Waals surface area (Å²) >= 11 is 1.37. The van der Waals surface area contributed by atoms with E-state index in [0.717, 1.165) is 11.3 Å². The van der Waals surface area contributed by atoms with Gasteiger partial charge in [-0.3, -0.25) is 0 Å². The summed E-state index contributed by atoms with van der Waals surface area (Å²) in [6.45, 7) is 8.79. The van der Waals surface area contributed by atoms with Gasteiger partial charge in [0.15, 0.2) is 5.82 Å². The lowest BCUT2D eigenvalue weighted by Gasteiger charge is -2.19. The number of thioether (sulfide) groups is 1. The third-order valence-corrected chi connectivity index (χ3v) is 5.85. The average molecular weight is 451 g/mol. The fraction of sp³-hybridized carbons (Fsp3) is 0.304. The van der Waals surface area contributed by atoms with Gasteiger partial charge in [0, 0.05) is 5.56 Å². The first-order valence-electron chi connectivity index (χ1n) is 10.2. The van der Waals surface area contributed by atoms with Crippen molar-refractivity contribution in [2.45, 2.75) is 50.6 Å². The van der Waals surface area contributed by atoms with Crippen LogP contribution >= 0.6 is 11.8 Å². The van der Waals surface area contributed by atoms with Gasteiger partial charge in [0.05, 0.1) is 5.75 Å². The van der Waals surface area contributed by atoms with Gasteiger partial charge in [-0.2, -0.15) is 4.98 Å². The highest BCUT2D eigenvalue weighted by atomic mass is 32.2. The number of nitrogen functional groups attached to an aromatic ring is 1. The Morgan fingerprint density at radius 2 is 1.75 bits per heavy atom. The Hall–Kier alpha value is -3.33. The highest BCUT2D eigenvalue weighted by molar-refractivity contribution is 7.98. The molecule has 0 amide bonds. The van der Waals surface area contributed by atoms with Gasteiger partial charge >= 0.3 is 0 Å². The van der Waals surface area contributed by atoms with Gasteiger partial charge < -0.3 is 15.1 Å². The van der Waals surface area contributed by atoms with E-state index >= 15 is 0 Å². The molecule has 0 unspecified atom stereocenters. The minimum absolute atomic E-state index is 0.0986. The van der Waals surface area contributed by atoms with Crippen LogP contribution in [0.25, 0.3) is 11.4 Å². The van der Waals surface area contributed by atoms with E-state index in [4.69, 9.17) is 15.1 Å². The van der Waals surface area contributed by atoms with E-state index < -0.39 is 0 Å². The minimum Gasteiger partial charge on any atom is -0.486 e. The molecule has 0 radical (unpaired) electrons. The first-order valence-corrected chi connectivity index (χ1v) is 11.2. The Balaban J connectivity index is 1.34. The maximum absolute atomic E-state index is 6.15. The molecular weight excluding hydrogens is 424 g/mol. The molecule has 2 aromatic heterocycles. The smallest absolute Gasteiger partial charge is 0.237 e. The van der Waals surface area contributed by atoms with Gasteiger partial charge in [-0.05, 0) is 30.0 Å². The van der Waals surface area contributed by atoms with Gasteiger partial charge in [0.25, 0.3) is 0 Å². The number of rotatable bonds is 7. The van der Waals surface area contributed by atoms with Crippen LogP contribution < -0.4 is 10.6 Å². The summed E-state index contributed by atoms with van der Waals surface area (Å²) in [7, 11) is 0. The zero-order valence-corrected chi connectivity index (χ0v) is 19.4. The Morgan fingerprint density at radius 3 is 2.44 bits per heavy atom. The number of ether oxygens (including phenoxy) is 1. The van der Waals surface area contributed by atoms with Crippen molar-refractivity contribution in [1.82, 2.24) is 25.0 Å². The number of nitrogens with zero attached hydrogens (tertiary/aromatic N) is 5. The van der Waals surface area contributed by atoms with Crippen LogP contribution in [0, 0.1) is 6.92 Å². The predicted octanol–water partition coefficient (Wildman–Crippen LogP) is 4.52. The van der Waals surface area contributed by atoms with E-state index in [2.05, 4.69) is 53.2 Å². The molecule has 0 aliphatic heterocycles. The second-order valence-corrected chi connectivity index (χ2v) is 9.44. The summed E-state index contributed by atoms with van der Waals surface area (Å²) in [6, 6.07) is 16.0. The molecule has 2 N–H and O–H groups in total. The zero-order chi connectivity index (χ0) is 22.7. The van der Waals surface area contributed by atoms with Crippen LogP contribution in [0.1, 0.15) is 43.6 Å². The Labute approximate surface area is 191 Å². The summed E-state index contributed by atoms with van der Waals surface area (Å²) in [4.78, 5) is 4.44. The molecule has 4 aromatic rings. The Bertz CT molecular complexity index is 1180. The molecule has 0 aliphatic rings. The SMILES string of the molecule is Cc1ccc(-c2noc(CSc3nnc(COc4ccc(C(C)(C)C)cc4)n3N)n2)cc1. The summed E-state index contributed by atoms with van der Waals surface area (Å²) in [6.07, 6.45) is 0. The molecule has 2 aromatic carbocycles. The van der Waals surface area contributed by atoms with E-state index in [0.29, 0.717) is 28.4 Å². The maximum atomic E-state index is 6.15. The second-order valence-electron chi connectivity index (χ2n) is 8.50. The van der Waals surface area contributed by atoms with Crippen LogP contribution in [-0.4, -0.2) is 25.0 Å². The number of hydrogen-bond donors (Lipinski definition) is 1. The molecule has 8 nitrogen and oxygen atoms in total. The molecule has 32 heavy (non-hydrogen) atoms. The van der Waals surface area contributed by atoms with E-state index in [-0.39, 0.29) is 12.0 Å². The molecule has 0 aliphatic carbocycles. The third-order valence-electron chi connectivity index (χ3n) is 4.93. The molecule has 0 saturated carbocycles. The van der Waals surface area contributed by atoms with Gasteiger partial charge in [0.2, 0.25) is 16.9 Å². The predicted molar refractivity (Wildman–Crippen MR) is 124 cm³/mol. The normalized spacial score (nSPS) is 11.6. The zero-order valence-electron chi connectivity index (χ0n) is 18.6. The summed E-state index contributed by atoms with van der Waals surface area (Å²) in [5, 5.41) is 12.9. The van der Waals surface area contributed by atoms with Crippen molar-refractivity contribution in [3.8, 4) is 17.1 Å². The van der Waals surface area contributed by atoms with Gasteiger partial charge in [-0.1, -0.05) is 79.7 Å². The van der Waals surface area contributed by atoms with Crippen molar-refractivity contribution in [2.75, 3.05) is 5.84 Å². The molecule has 0 fully saturated rings. The molecule has 0 saturated heterocycles.